The van der Waals surface area contributed by atoms with Crippen LogP contribution in [0.2, 0.25) is 5.02 Å². The second kappa shape index (κ2) is 8.90. The molecule has 0 amide bonds. The van der Waals surface area contributed by atoms with Gasteiger partial charge in [0.1, 0.15) is 12.4 Å². The van der Waals surface area contributed by atoms with Crippen molar-refractivity contribution in [2.24, 2.45) is 5.10 Å². The number of nitrogens with one attached hydrogen (secondary N) is 1. The van der Waals surface area contributed by atoms with Crippen molar-refractivity contribution in [3.63, 3.8) is 0 Å². The molecule has 0 spiro atoms. The Morgan fingerprint density at radius 1 is 0.920 bits per heavy atom. The monoisotopic (exact) mass is 350 g/mol. The third-order valence-corrected chi connectivity index (χ3v) is 4.01. The number of nitrogens with zero attached hydrogens (tertiary/aromatic N) is 1. The first-order chi connectivity index (χ1) is 12.3. The lowest BCUT2D eigenvalue weighted by molar-refractivity contribution is 0.306. The molecule has 0 aromatic heterocycles. The van der Waals surface area contributed by atoms with Crippen molar-refractivity contribution in [3.8, 4) is 5.75 Å². The second-order valence-electron chi connectivity index (χ2n) is 5.53. The van der Waals surface area contributed by atoms with Crippen molar-refractivity contribution in [2.75, 3.05) is 0 Å². The molecule has 0 unspecified atom stereocenters. The minimum atomic E-state index is 0.437. The number of benzene rings is 3. The SMILES string of the molecule is Clc1ccccc1COc1cccc(C=NNCc2ccccc2)c1. The van der Waals surface area contributed by atoms with E-state index in [0.717, 1.165) is 16.9 Å². The highest BCUT2D eigenvalue weighted by Crippen LogP contribution is 2.19. The van der Waals surface area contributed by atoms with E-state index in [2.05, 4.69) is 22.7 Å². The zero-order valence-electron chi connectivity index (χ0n) is 13.7. The van der Waals surface area contributed by atoms with Gasteiger partial charge in [-0.15, -0.1) is 0 Å². The van der Waals surface area contributed by atoms with Crippen molar-refractivity contribution in [3.05, 3.63) is 101 Å². The Morgan fingerprint density at radius 3 is 2.56 bits per heavy atom. The van der Waals surface area contributed by atoms with Crippen LogP contribution in [0.15, 0.2) is 84.0 Å². The Labute approximate surface area is 152 Å². The van der Waals surface area contributed by atoms with Crippen LogP contribution in [0.3, 0.4) is 0 Å². The van der Waals surface area contributed by atoms with Gasteiger partial charge >= 0.3 is 0 Å². The van der Waals surface area contributed by atoms with Gasteiger partial charge in [-0.2, -0.15) is 5.10 Å². The maximum absolute atomic E-state index is 6.15. The molecule has 0 fully saturated rings. The first-order valence-corrected chi connectivity index (χ1v) is 8.45. The molecule has 3 aromatic rings. The van der Waals surface area contributed by atoms with Crippen molar-refractivity contribution >= 4 is 17.8 Å². The zero-order chi connectivity index (χ0) is 17.3. The fourth-order valence-electron chi connectivity index (χ4n) is 2.31. The van der Waals surface area contributed by atoms with Crippen LogP contribution in [0, 0.1) is 0 Å². The van der Waals surface area contributed by atoms with Crippen LogP contribution >= 0.6 is 11.6 Å². The molecule has 3 nitrogen and oxygen atoms in total. The lowest BCUT2D eigenvalue weighted by Crippen LogP contribution is -2.05. The van der Waals surface area contributed by atoms with Gasteiger partial charge in [-0.1, -0.05) is 72.3 Å². The first kappa shape index (κ1) is 17.1. The molecule has 126 valence electrons. The number of rotatable bonds is 7. The molecule has 3 rings (SSSR count). The largest absolute Gasteiger partial charge is 0.489 e. The van der Waals surface area contributed by atoms with Crippen molar-refractivity contribution in [2.45, 2.75) is 13.2 Å². The molecule has 0 atom stereocenters. The van der Waals surface area contributed by atoms with Crippen molar-refractivity contribution < 1.29 is 4.74 Å². The summed E-state index contributed by atoms with van der Waals surface area (Å²) in [6.07, 6.45) is 1.78. The van der Waals surface area contributed by atoms with Crippen molar-refractivity contribution in [1.29, 1.82) is 0 Å². The summed E-state index contributed by atoms with van der Waals surface area (Å²) in [4.78, 5) is 0. The van der Waals surface area contributed by atoms with Crippen LogP contribution in [-0.2, 0) is 13.2 Å². The van der Waals surface area contributed by atoms with E-state index in [0.29, 0.717) is 18.2 Å². The molecule has 0 saturated carbocycles. The van der Waals surface area contributed by atoms with E-state index in [9.17, 15) is 0 Å². The van der Waals surface area contributed by atoms with Gasteiger partial charge in [-0.3, -0.25) is 0 Å². The lowest BCUT2D eigenvalue weighted by Gasteiger charge is -2.08. The molecule has 0 aliphatic carbocycles. The third-order valence-electron chi connectivity index (χ3n) is 3.64. The molecule has 0 heterocycles. The second-order valence-corrected chi connectivity index (χ2v) is 5.94. The molecule has 0 aliphatic rings. The minimum absolute atomic E-state index is 0.437. The highest BCUT2D eigenvalue weighted by Gasteiger charge is 2.01. The summed E-state index contributed by atoms with van der Waals surface area (Å²) in [7, 11) is 0. The number of halogens is 1. The molecule has 25 heavy (non-hydrogen) atoms. The van der Waals surface area contributed by atoms with Crippen LogP contribution in [0.4, 0.5) is 0 Å². The summed E-state index contributed by atoms with van der Waals surface area (Å²) in [6, 6.07) is 25.6. The predicted molar refractivity (Wildman–Crippen MR) is 103 cm³/mol. The van der Waals surface area contributed by atoms with E-state index >= 15 is 0 Å². The average Bonchev–Trinajstić information content (AvgIpc) is 2.66. The Kier molecular flexibility index (Phi) is 6.07. The first-order valence-electron chi connectivity index (χ1n) is 8.07. The number of hydrazone groups is 1. The van der Waals surface area contributed by atoms with Crippen LogP contribution < -0.4 is 10.2 Å². The molecular weight excluding hydrogens is 332 g/mol. The summed E-state index contributed by atoms with van der Waals surface area (Å²) in [6.45, 7) is 1.13. The van der Waals surface area contributed by atoms with Crippen LogP contribution in [0.1, 0.15) is 16.7 Å². The molecular formula is C21H19ClN2O. The van der Waals surface area contributed by atoms with E-state index in [-0.39, 0.29) is 0 Å². The molecule has 0 radical (unpaired) electrons. The Bertz CT molecular complexity index is 834. The topological polar surface area (TPSA) is 33.6 Å². The minimum Gasteiger partial charge on any atom is -0.489 e. The van der Waals surface area contributed by atoms with Gasteiger partial charge in [0.15, 0.2) is 0 Å². The van der Waals surface area contributed by atoms with E-state index in [1.54, 1.807) is 6.21 Å². The van der Waals surface area contributed by atoms with Crippen LogP contribution in [0.5, 0.6) is 5.75 Å². The third kappa shape index (κ3) is 5.37. The van der Waals surface area contributed by atoms with E-state index in [4.69, 9.17) is 16.3 Å². The number of hydrogen-bond acceptors (Lipinski definition) is 3. The van der Waals surface area contributed by atoms with E-state index in [1.807, 2.05) is 66.7 Å². The summed E-state index contributed by atoms with van der Waals surface area (Å²) in [5.41, 5.74) is 6.17. The Morgan fingerprint density at radius 2 is 1.72 bits per heavy atom. The van der Waals surface area contributed by atoms with Crippen LogP contribution in [-0.4, -0.2) is 6.21 Å². The fourth-order valence-corrected chi connectivity index (χ4v) is 2.50. The van der Waals surface area contributed by atoms with Gasteiger partial charge < -0.3 is 10.2 Å². The zero-order valence-corrected chi connectivity index (χ0v) is 14.5. The highest BCUT2D eigenvalue weighted by molar-refractivity contribution is 6.31. The van der Waals surface area contributed by atoms with E-state index < -0.39 is 0 Å². The highest BCUT2D eigenvalue weighted by atomic mass is 35.5. The molecule has 0 saturated heterocycles. The van der Waals surface area contributed by atoms with Gasteiger partial charge in [0, 0.05) is 10.6 Å². The maximum Gasteiger partial charge on any atom is 0.120 e. The Balaban J connectivity index is 1.54. The van der Waals surface area contributed by atoms with Gasteiger partial charge in [-0.05, 0) is 29.3 Å². The van der Waals surface area contributed by atoms with Gasteiger partial charge in [0.2, 0.25) is 0 Å². The molecule has 0 bridgehead atoms. The van der Waals surface area contributed by atoms with Crippen molar-refractivity contribution in [1.82, 2.24) is 5.43 Å². The molecule has 4 heteroatoms. The number of hydrogen-bond donors (Lipinski definition) is 1. The fraction of sp³-hybridized carbons (Fsp3) is 0.0952. The van der Waals surface area contributed by atoms with Gasteiger partial charge in [0.25, 0.3) is 0 Å². The molecule has 0 aliphatic heterocycles. The standard InChI is InChI=1S/C21H19ClN2O/c22-21-12-5-4-10-19(21)16-25-20-11-6-9-18(13-20)15-24-23-14-17-7-2-1-3-8-17/h1-13,15,23H,14,16H2. The average molecular weight is 351 g/mol. The molecule has 3 aromatic carbocycles. The van der Waals surface area contributed by atoms with E-state index in [1.165, 1.54) is 5.56 Å². The maximum atomic E-state index is 6.15. The Hall–Kier alpha value is -2.78. The molecule has 1 N–H and O–H groups in total. The normalized spacial score (nSPS) is 10.8. The van der Waals surface area contributed by atoms with Crippen LogP contribution in [0.25, 0.3) is 0 Å². The summed E-state index contributed by atoms with van der Waals surface area (Å²) >= 11 is 6.15. The number of ether oxygens (including phenoxy) is 1. The lowest BCUT2D eigenvalue weighted by atomic mass is 10.2. The smallest absolute Gasteiger partial charge is 0.120 e. The van der Waals surface area contributed by atoms with Gasteiger partial charge in [-0.25, -0.2) is 0 Å². The van der Waals surface area contributed by atoms with Gasteiger partial charge in [0.05, 0.1) is 12.8 Å². The predicted octanol–water partition coefficient (Wildman–Crippen LogP) is 5.04. The summed E-state index contributed by atoms with van der Waals surface area (Å²) in [5, 5.41) is 4.97. The summed E-state index contributed by atoms with van der Waals surface area (Å²) < 4.78 is 5.82. The quantitative estimate of drug-likeness (QED) is 0.478. The summed E-state index contributed by atoms with van der Waals surface area (Å²) in [5.74, 6) is 0.784.